The smallest absolute Gasteiger partial charge is 0.203 e. The Morgan fingerprint density at radius 3 is 1.39 bits per heavy atom. The highest BCUT2D eigenvalue weighted by molar-refractivity contribution is 8.33. The van der Waals surface area contributed by atoms with Gasteiger partial charge >= 0.3 is 10.1 Å². The molecule has 0 bridgehead atoms. The van der Waals surface area contributed by atoms with Crippen molar-refractivity contribution in [1.82, 2.24) is 0 Å². The van der Waals surface area contributed by atoms with Gasteiger partial charge in [0.2, 0.25) is 0 Å². The van der Waals surface area contributed by atoms with Gasteiger partial charge in [-0.25, -0.2) is 3.63 Å². The third-order valence-electron chi connectivity index (χ3n) is 6.27. The summed E-state index contributed by atoms with van der Waals surface area (Å²) in [4.78, 5) is 2.64. The lowest BCUT2D eigenvalue weighted by Gasteiger charge is -2.39. The first kappa shape index (κ1) is 24.3. The molecule has 182 valence electrons. The van der Waals surface area contributed by atoms with Gasteiger partial charge in [-0.1, -0.05) is 89.5 Å². The molecule has 0 radical (unpaired) electrons. The minimum Gasteiger partial charge on any atom is -0.203 e. The van der Waals surface area contributed by atoms with Crippen LogP contribution < -0.4 is 0 Å². The van der Waals surface area contributed by atoms with E-state index in [2.05, 4.69) is 0 Å². The minimum atomic E-state index is -4.18. The molecular formula is C31H28O3S2. The van der Waals surface area contributed by atoms with Crippen molar-refractivity contribution < 1.29 is 12.0 Å². The van der Waals surface area contributed by atoms with E-state index >= 15 is 0 Å². The lowest BCUT2D eigenvalue weighted by molar-refractivity contribution is 0.509. The summed E-state index contributed by atoms with van der Waals surface area (Å²) in [6.07, 6.45) is 0. The van der Waals surface area contributed by atoms with Crippen molar-refractivity contribution in [2.75, 3.05) is 0 Å². The quantitative estimate of drug-likeness (QED) is 0.229. The van der Waals surface area contributed by atoms with Crippen LogP contribution in [0.5, 0.6) is 0 Å². The molecule has 0 spiro atoms. The van der Waals surface area contributed by atoms with Crippen LogP contribution in [0.2, 0.25) is 0 Å². The van der Waals surface area contributed by atoms with Crippen LogP contribution in [0.25, 0.3) is 10.8 Å². The van der Waals surface area contributed by atoms with E-state index in [0.29, 0.717) is 5.39 Å². The first-order valence-electron chi connectivity index (χ1n) is 11.8. The van der Waals surface area contributed by atoms with Crippen LogP contribution in [-0.2, 0) is 13.7 Å². The molecule has 5 rings (SSSR count). The largest absolute Gasteiger partial charge is 0.307 e. The van der Waals surface area contributed by atoms with E-state index in [1.165, 1.54) is 0 Å². The highest BCUT2D eigenvalue weighted by Crippen LogP contribution is 2.70. The Morgan fingerprint density at radius 2 is 0.917 bits per heavy atom. The molecule has 3 nitrogen and oxygen atoms in total. The molecule has 36 heavy (non-hydrogen) atoms. The van der Waals surface area contributed by atoms with Crippen LogP contribution in [0, 0.1) is 20.8 Å². The molecule has 5 heteroatoms. The average Bonchev–Trinajstić information content (AvgIpc) is 2.88. The third kappa shape index (κ3) is 4.46. The molecule has 0 aliphatic rings. The predicted molar refractivity (Wildman–Crippen MR) is 148 cm³/mol. The lowest BCUT2D eigenvalue weighted by atomic mass is 10.1. The Hall–Kier alpha value is -3.38. The maximum atomic E-state index is 14.2. The first-order valence-corrected chi connectivity index (χ1v) is 14.7. The summed E-state index contributed by atoms with van der Waals surface area (Å²) in [5.74, 6) is 0. The van der Waals surface area contributed by atoms with Crippen molar-refractivity contribution in [3.8, 4) is 0 Å². The molecule has 5 aromatic carbocycles. The predicted octanol–water partition coefficient (Wildman–Crippen LogP) is 8.37. The van der Waals surface area contributed by atoms with Gasteiger partial charge in [-0.05, 0) is 78.9 Å². The molecule has 0 saturated carbocycles. The van der Waals surface area contributed by atoms with Crippen LogP contribution in [-0.4, -0.2) is 8.42 Å². The second-order valence-corrected chi connectivity index (χ2v) is 13.4. The molecule has 0 aromatic heterocycles. The number of aryl methyl sites for hydroxylation is 3. The van der Waals surface area contributed by atoms with E-state index in [9.17, 15) is 8.42 Å². The maximum Gasteiger partial charge on any atom is 0.307 e. The number of rotatable bonds is 6. The Bertz CT molecular complexity index is 1500. The highest BCUT2D eigenvalue weighted by Gasteiger charge is 2.38. The van der Waals surface area contributed by atoms with Crippen LogP contribution in [0.1, 0.15) is 16.7 Å². The zero-order valence-electron chi connectivity index (χ0n) is 20.5. The lowest BCUT2D eigenvalue weighted by Crippen LogP contribution is -2.15. The van der Waals surface area contributed by atoms with Crippen molar-refractivity contribution in [3.63, 3.8) is 0 Å². The van der Waals surface area contributed by atoms with E-state index in [0.717, 1.165) is 36.8 Å². The highest BCUT2D eigenvalue weighted by atomic mass is 32.3. The summed E-state index contributed by atoms with van der Waals surface area (Å²) < 4.78 is 34.9. The van der Waals surface area contributed by atoms with Crippen LogP contribution in [0.3, 0.4) is 0 Å². The molecule has 0 heterocycles. The molecular weight excluding hydrogens is 484 g/mol. The van der Waals surface area contributed by atoms with E-state index in [1.54, 1.807) is 12.1 Å². The van der Waals surface area contributed by atoms with Gasteiger partial charge in [0.25, 0.3) is 0 Å². The molecule has 0 unspecified atom stereocenters. The summed E-state index contributed by atoms with van der Waals surface area (Å²) in [5, 5.41) is 1.49. The van der Waals surface area contributed by atoms with Crippen molar-refractivity contribution in [2.24, 2.45) is 0 Å². The van der Waals surface area contributed by atoms with Crippen molar-refractivity contribution in [3.05, 3.63) is 132 Å². The molecule has 0 fully saturated rings. The molecule has 0 N–H and O–H groups in total. The van der Waals surface area contributed by atoms with Crippen molar-refractivity contribution in [2.45, 2.75) is 40.4 Å². The van der Waals surface area contributed by atoms with Gasteiger partial charge in [0.05, 0.1) is 0 Å². The van der Waals surface area contributed by atoms with Gasteiger partial charge < -0.3 is 0 Å². The van der Waals surface area contributed by atoms with Crippen LogP contribution in [0.4, 0.5) is 0 Å². The molecule has 5 aromatic rings. The fraction of sp³-hybridized carbons (Fsp3) is 0.0968. The SMILES string of the molecule is Cc1ccc(S(OS(=O)(=O)c2cccc3ccccc23)(c2ccc(C)cc2)c2ccc(C)cc2)cc1. The van der Waals surface area contributed by atoms with Gasteiger partial charge in [0.15, 0.2) is 0 Å². The van der Waals surface area contributed by atoms with E-state index in [-0.39, 0.29) is 4.90 Å². The van der Waals surface area contributed by atoms with Gasteiger partial charge in [-0.3, -0.25) is 0 Å². The fourth-order valence-electron chi connectivity index (χ4n) is 4.30. The summed E-state index contributed by atoms with van der Waals surface area (Å²) >= 11 is 0. The number of hydrogen-bond donors (Lipinski definition) is 0. The average molecular weight is 513 g/mol. The molecule has 0 aliphatic carbocycles. The molecule has 0 saturated heterocycles. The molecule has 0 aliphatic heterocycles. The standard InChI is InChI=1S/C31H28O3S2/c1-23-11-17-27(18-12-23)35(28-19-13-24(2)14-20-28,29-21-15-25(3)16-22-29)34-36(32,33)31-10-6-8-26-7-4-5-9-30(26)31/h4-22H,1-3H3. The molecule has 0 atom stereocenters. The van der Waals surface area contributed by atoms with Crippen LogP contribution >= 0.6 is 10.3 Å². The minimum absolute atomic E-state index is 0.170. The topological polar surface area (TPSA) is 43.4 Å². The fourth-order valence-corrected chi connectivity index (χ4v) is 9.69. The van der Waals surface area contributed by atoms with Gasteiger partial charge in [-0.2, -0.15) is 8.42 Å². The third-order valence-corrected chi connectivity index (χ3v) is 11.5. The monoisotopic (exact) mass is 512 g/mol. The van der Waals surface area contributed by atoms with E-state index < -0.39 is 20.4 Å². The maximum absolute atomic E-state index is 14.2. The van der Waals surface area contributed by atoms with Crippen molar-refractivity contribution in [1.29, 1.82) is 0 Å². The number of fused-ring (bicyclic) bond motifs is 1. The van der Waals surface area contributed by atoms with Gasteiger partial charge in [-0.15, -0.1) is 0 Å². The van der Waals surface area contributed by atoms with E-state index in [1.807, 2.05) is 124 Å². The zero-order chi connectivity index (χ0) is 25.3. The Kier molecular flexibility index (Phi) is 6.47. The second kappa shape index (κ2) is 9.58. The van der Waals surface area contributed by atoms with Gasteiger partial charge in [0.1, 0.15) is 4.90 Å². The normalized spacial score (nSPS) is 12.5. The number of hydrogen-bond acceptors (Lipinski definition) is 3. The summed E-state index contributed by atoms with van der Waals surface area (Å²) in [5.41, 5.74) is 3.28. The second-order valence-electron chi connectivity index (χ2n) is 8.99. The Morgan fingerprint density at radius 1 is 0.500 bits per heavy atom. The number of benzene rings is 5. The Balaban J connectivity index is 1.81. The summed E-state index contributed by atoms with van der Waals surface area (Å²) in [6.45, 7) is 6.06. The van der Waals surface area contributed by atoms with E-state index in [4.69, 9.17) is 3.63 Å². The molecule has 0 amide bonds. The van der Waals surface area contributed by atoms with Gasteiger partial charge in [0, 0.05) is 20.1 Å². The first-order chi connectivity index (χ1) is 17.3. The summed E-state index contributed by atoms with van der Waals surface area (Å²) in [7, 11) is -6.83. The van der Waals surface area contributed by atoms with Crippen LogP contribution in [0.15, 0.2) is 135 Å². The Labute approximate surface area is 215 Å². The zero-order valence-corrected chi connectivity index (χ0v) is 22.1. The summed E-state index contributed by atoms with van der Waals surface area (Å²) in [6, 6.07) is 36.8. The van der Waals surface area contributed by atoms with Crippen molar-refractivity contribution >= 4 is 31.2 Å².